The third-order valence-corrected chi connectivity index (χ3v) is 4.11. The van der Waals surface area contributed by atoms with Crippen molar-refractivity contribution in [2.45, 2.75) is 0 Å². The van der Waals surface area contributed by atoms with Crippen molar-refractivity contribution in [1.82, 2.24) is 14.6 Å². The van der Waals surface area contributed by atoms with E-state index in [0.717, 1.165) is 11.1 Å². The molecule has 0 atom stereocenters. The number of carbonyl (C=O) groups is 1. The molecule has 1 amide bonds. The first-order chi connectivity index (χ1) is 13.1. The number of aromatic nitrogens is 3. The van der Waals surface area contributed by atoms with E-state index in [9.17, 15) is 9.90 Å². The highest BCUT2D eigenvalue weighted by Gasteiger charge is 2.11. The smallest absolute Gasteiger partial charge is 0.258 e. The summed E-state index contributed by atoms with van der Waals surface area (Å²) in [5.41, 5.74) is 2.87. The first-order valence-electron chi connectivity index (χ1n) is 8.24. The van der Waals surface area contributed by atoms with E-state index in [-0.39, 0.29) is 30.0 Å². The summed E-state index contributed by atoms with van der Waals surface area (Å²) in [5, 5.41) is 16.8. The summed E-state index contributed by atoms with van der Waals surface area (Å²) < 4.78 is 6.74. The Morgan fingerprint density at radius 3 is 2.57 bits per heavy atom. The average Bonchev–Trinajstić information content (AvgIpc) is 3.10. The number of carbonyl (C=O) groups excluding carboxylic acids is 1. The lowest BCUT2D eigenvalue weighted by Gasteiger charge is -2.07. The van der Waals surface area contributed by atoms with Gasteiger partial charge in [-0.15, -0.1) is 17.5 Å². The number of pyridine rings is 1. The highest BCUT2D eigenvalue weighted by Crippen LogP contribution is 2.31. The summed E-state index contributed by atoms with van der Waals surface area (Å²) in [7, 11) is 1.50. The van der Waals surface area contributed by atoms with Gasteiger partial charge in [0.15, 0.2) is 17.1 Å². The maximum absolute atomic E-state index is 12.2. The summed E-state index contributed by atoms with van der Waals surface area (Å²) >= 11 is 0. The van der Waals surface area contributed by atoms with Crippen LogP contribution in [0.25, 0.3) is 16.8 Å². The van der Waals surface area contributed by atoms with Crippen LogP contribution >= 0.6 is 12.4 Å². The molecule has 2 N–H and O–H groups in total. The number of nitrogens with zero attached hydrogens (tertiary/aromatic N) is 3. The topological polar surface area (TPSA) is 88.8 Å². The molecule has 0 aliphatic rings. The molecule has 7 nitrogen and oxygen atoms in total. The molecule has 0 radical (unpaired) electrons. The molecule has 2 aromatic carbocycles. The zero-order chi connectivity index (χ0) is 18.8. The SMILES string of the molecule is COc1cc(-c2ccc3nc(NC(=O)c4ccccc4)nn3c2)ccc1O.Cl. The van der Waals surface area contributed by atoms with Crippen molar-refractivity contribution in [3.8, 4) is 22.6 Å². The van der Waals surface area contributed by atoms with Gasteiger partial charge < -0.3 is 9.84 Å². The van der Waals surface area contributed by atoms with Crippen LogP contribution in [0.3, 0.4) is 0 Å². The minimum Gasteiger partial charge on any atom is -0.504 e. The Morgan fingerprint density at radius 2 is 1.82 bits per heavy atom. The van der Waals surface area contributed by atoms with Crippen LogP contribution in [0.2, 0.25) is 0 Å². The summed E-state index contributed by atoms with van der Waals surface area (Å²) in [5.74, 6) is 0.426. The Morgan fingerprint density at radius 1 is 1.07 bits per heavy atom. The number of nitrogens with one attached hydrogen (secondary N) is 1. The predicted molar refractivity (Wildman–Crippen MR) is 108 cm³/mol. The van der Waals surface area contributed by atoms with E-state index < -0.39 is 0 Å². The molecule has 2 heterocycles. The minimum atomic E-state index is -0.269. The molecule has 0 aliphatic carbocycles. The Kier molecular flexibility index (Phi) is 5.47. The summed E-state index contributed by atoms with van der Waals surface area (Å²) in [6.07, 6.45) is 1.80. The molecule has 4 aromatic rings. The van der Waals surface area contributed by atoms with Crippen LogP contribution in [0, 0.1) is 0 Å². The van der Waals surface area contributed by atoms with E-state index in [1.807, 2.05) is 12.1 Å². The normalized spacial score (nSPS) is 10.3. The van der Waals surface area contributed by atoms with Gasteiger partial charge >= 0.3 is 0 Å². The molecular weight excluding hydrogens is 380 g/mol. The van der Waals surface area contributed by atoms with Crippen LogP contribution in [0.4, 0.5) is 5.95 Å². The van der Waals surface area contributed by atoms with Gasteiger partial charge in [-0.2, -0.15) is 4.98 Å². The second-order valence-corrected chi connectivity index (χ2v) is 5.86. The Bertz CT molecular complexity index is 1130. The molecule has 0 unspecified atom stereocenters. The Labute approximate surface area is 167 Å². The second-order valence-electron chi connectivity index (χ2n) is 5.86. The molecule has 0 bridgehead atoms. The van der Waals surface area contributed by atoms with Gasteiger partial charge in [0.05, 0.1) is 7.11 Å². The second kappa shape index (κ2) is 7.98. The zero-order valence-corrected chi connectivity index (χ0v) is 15.7. The molecule has 4 rings (SSSR count). The number of rotatable bonds is 4. The number of benzene rings is 2. The van der Waals surface area contributed by atoms with Gasteiger partial charge in [0, 0.05) is 17.3 Å². The molecule has 0 saturated heterocycles. The van der Waals surface area contributed by atoms with Gasteiger partial charge in [-0.05, 0) is 42.0 Å². The van der Waals surface area contributed by atoms with Crippen LogP contribution in [0.5, 0.6) is 11.5 Å². The Balaban J connectivity index is 0.00000225. The molecule has 2 aromatic heterocycles. The van der Waals surface area contributed by atoms with Crippen LogP contribution in [0.1, 0.15) is 10.4 Å². The van der Waals surface area contributed by atoms with Crippen LogP contribution in [-0.2, 0) is 0 Å². The van der Waals surface area contributed by atoms with E-state index in [4.69, 9.17) is 4.74 Å². The van der Waals surface area contributed by atoms with E-state index in [1.54, 1.807) is 59.2 Å². The lowest BCUT2D eigenvalue weighted by atomic mass is 10.1. The van der Waals surface area contributed by atoms with Gasteiger partial charge in [-0.1, -0.05) is 24.3 Å². The highest BCUT2D eigenvalue weighted by molar-refractivity contribution is 6.03. The number of ether oxygens (including phenoxy) is 1. The van der Waals surface area contributed by atoms with Gasteiger partial charge in [-0.25, -0.2) is 4.52 Å². The van der Waals surface area contributed by atoms with Gasteiger partial charge in [0.2, 0.25) is 5.95 Å². The summed E-state index contributed by atoms with van der Waals surface area (Å²) in [6, 6.07) is 17.7. The zero-order valence-electron chi connectivity index (χ0n) is 14.9. The van der Waals surface area contributed by atoms with Crippen LogP contribution in [0.15, 0.2) is 66.9 Å². The third-order valence-electron chi connectivity index (χ3n) is 4.11. The molecule has 28 heavy (non-hydrogen) atoms. The van der Waals surface area contributed by atoms with Crippen molar-refractivity contribution in [3.63, 3.8) is 0 Å². The fraction of sp³-hybridized carbons (Fsp3) is 0.0500. The minimum absolute atomic E-state index is 0. The average molecular weight is 397 g/mol. The maximum atomic E-state index is 12.2. The number of hydrogen-bond donors (Lipinski definition) is 2. The van der Waals surface area contributed by atoms with E-state index >= 15 is 0 Å². The van der Waals surface area contributed by atoms with E-state index in [1.165, 1.54) is 7.11 Å². The third kappa shape index (κ3) is 3.74. The summed E-state index contributed by atoms with van der Waals surface area (Å²) in [4.78, 5) is 16.6. The first kappa shape index (κ1) is 19.2. The number of phenols is 1. The number of methoxy groups -OCH3 is 1. The largest absolute Gasteiger partial charge is 0.504 e. The first-order valence-corrected chi connectivity index (χ1v) is 8.24. The van der Waals surface area contributed by atoms with Crippen molar-refractivity contribution in [1.29, 1.82) is 0 Å². The summed E-state index contributed by atoms with van der Waals surface area (Å²) in [6.45, 7) is 0. The van der Waals surface area contributed by atoms with Gasteiger partial charge in [-0.3, -0.25) is 10.1 Å². The van der Waals surface area contributed by atoms with Gasteiger partial charge in [0.25, 0.3) is 5.91 Å². The van der Waals surface area contributed by atoms with Crippen molar-refractivity contribution < 1.29 is 14.6 Å². The number of halogens is 1. The molecule has 8 heteroatoms. The fourth-order valence-corrected chi connectivity index (χ4v) is 2.73. The van der Waals surface area contributed by atoms with Crippen LogP contribution in [-0.4, -0.2) is 32.7 Å². The Hall–Kier alpha value is -3.58. The lowest BCUT2D eigenvalue weighted by Crippen LogP contribution is -2.12. The van der Waals surface area contributed by atoms with Gasteiger partial charge in [0.1, 0.15) is 0 Å². The maximum Gasteiger partial charge on any atom is 0.258 e. The monoisotopic (exact) mass is 396 g/mol. The van der Waals surface area contributed by atoms with E-state index in [2.05, 4.69) is 15.4 Å². The fourth-order valence-electron chi connectivity index (χ4n) is 2.73. The van der Waals surface area contributed by atoms with Crippen molar-refractivity contribution in [2.24, 2.45) is 0 Å². The number of aromatic hydroxyl groups is 1. The van der Waals surface area contributed by atoms with Crippen molar-refractivity contribution >= 4 is 29.9 Å². The molecular formula is C20H17ClN4O3. The van der Waals surface area contributed by atoms with Crippen molar-refractivity contribution in [3.05, 3.63) is 72.4 Å². The molecule has 0 aliphatic heterocycles. The molecule has 0 fully saturated rings. The standard InChI is InChI=1S/C20H16N4O3.ClH/c1-27-17-11-14(7-9-16(17)25)15-8-10-18-21-20(23-24(18)12-15)22-19(26)13-5-3-2-4-6-13;/h2-12,25H,1H3,(H,22,23,26);1H. The number of amides is 1. The highest BCUT2D eigenvalue weighted by atomic mass is 35.5. The predicted octanol–water partition coefficient (Wildman–Crippen LogP) is 3.78. The van der Waals surface area contributed by atoms with Crippen LogP contribution < -0.4 is 10.1 Å². The number of fused-ring (bicyclic) bond motifs is 1. The number of hydrogen-bond acceptors (Lipinski definition) is 5. The molecule has 142 valence electrons. The van der Waals surface area contributed by atoms with E-state index in [0.29, 0.717) is 17.0 Å². The van der Waals surface area contributed by atoms with Crippen molar-refractivity contribution in [2.75, 3.05) is 12.4 Å². The number of phenolic OH excluding ortho intramolecular Hbond substituents is 1. The quantitative estimate of drug-likeness (QED) is 0.548. The molecule has 0 spiro atoms. The molecule has 0 saturated carbocycles. The lowest BCUT2D eigenvalue weighted by molar-refractivity contribution is 0.102. The number of anilines is 1.